The van der Waals surface area contributed by atoms with E-state index in [1.54, 1.807) is 0 Å². The SMILES string of the molecule is CC1CNC(C)(c2ccccc2)CN1C1CCSC1. The normalized spacial score (nSPS) is 36.5. The zero-order valence-electron chi connectivity index (χ0n) is 11.9. The lowest BCUT2D eigenvalue weighted by Gasteiger charge is -2.48. The zero-order valence-corrected chi connectivity index (χ0v) is 12.7. The molecular weight excluding hydrogens is 252 g/mol. The largest absolute Gasteiger partial charge is 0.305 e. The van der Waals surface area contributed by atoms with Gasteiger partial charge in [0.15, 0.2) is 0 Å². The van der Waals surface area contributed by atoms with E-state index in [4.69, 9.17) is 0 Å². The maximum Gasteiger partial charge on any atom is 0.0535 e. The third-order valence-corrected chi connectivity index (χ3v) is 5.78. The van der Waals surface area contributed by atoms with Crippen molar-refractivity contribution < 1.29 is 0 Å². The highest BCUT2D eigenvalue weighted by molar-refractivity contribution is 7.99. The molecule has 2 saturated heterocycles. The van der Waals surface area contributed by atoms with Gasteiger partial charge < -0.3 is 5.32 Å². The number of nitrogens with zero attached hydrogens (tertiary/aromatic N) is 1. The van der Waals surface area contributed by atoms with E-state index in [9.17, 15) is 0 Å². The Hall–Kier alpha value is -0.510. The predicted molar refractivity (Wildman–Crippen MR) is 83.7 cm³/mol. The van der Waals surface area contributed by atoms with Gasteiger partial charge in [-0.1, -0.05) is 30.3 Å². The number of benzene rings is 1. The summed E-state index contributed by atoms with van der Waals surface area (Å²) in [6, 6.07) is 12.3. The summed E-state index contributed by atoms with van der Waals surface area (Å²) in [7, 11) is 0. The van der Waals surface area contributed by atoms with E-state index in [2.05, 4.69) is 66.2 Å². The van der Waals surface area contributed by atoms with Gasteiger partial charge in [0.05, 0.1) is 5.54 Å². The lowest BCUT2D eigenvalue weighted by molar-refractivity contribution is 0.0633. The van der Waals surface area contributed by atoms with Gasteiger partial charge >= 0.3 is 0 Å². The van der Waals surface area contributed by atoms with Crippen LogP contribution in [-0.4, -0.2) is 41.6 Å². The van der Waals surface area contributed by atoms with Crippen molar-refractivity contribution in [2.24, 2.45) is 0 Å². The number of rotatable bonds is 2. The van der Waals surface area contributed by atoms with Crippen LogP contribution in [0.25, 0.3) is 0 Å². The highest BCUT2D eigenvalue weighted by Crippen LogP contribution is 2.31. The van der Waals surface area contributed by atoms with Crippen LogP contribution in [0.1, 0.15) is 25.8 Å². The topological polar surface area (TPSA) is 15.3 Å². The van der Waals surface area contributed by atoms with Crippen LogP contribution in [-0.2, 0) is 5.54 Å². The Bertz CT molecular complexity index is 416. The summed E-state index contributed by atoms with van der Waals surface area (Å²) in [6.45, 7) is 6.93. The average Bonchev–Trinajstić information content (AvgIpc) is 2.97. The highest BCUT2D eigenvalue weighted by atomic mass is 32.2. The third-order valence-electron chi connectivity index (χ3n) is 4.64. The minimum atomic E-state index is 0.0982. The Kier molecular flexibility index (Phi) is 3.88. The van der Waals surface area contributed by atoms with Gasteiger partial charge in [-0.3, -0.25) is 4.90 Å². The summed E-state index contributed by atoms with van der Waals surface area (Å²) < 4.78 is 0. The number of thioether (sulfide) groups is 1. The summed E-state index contributed by atoms with van der Waals surface area (Å²) in [5.41, 5.74) is 1.51. The molecule has 3 rings (SSSR count). The van der Waals surface area contributed by atoms with E-state index in [0.29, 0.717) is 6.04 Å². The molecule has 2 aliphatic rings. The Morgan fingerprint density at radius 1 is 1.32 bits per heavy atom. The molecule has 19 heavy (non-hydrogen) atoms. The van der Waals surface area contributed by atoms with Crippen molar-refractivity contribution in [3.63, 3.8) is 0 Å². The van der Waals surface area contributed by atoms with Crippen LogP contribution in [0.5, 0.6) is 0 Å². The quantitative estimate of drug-likeness (QED) is 0.894. The Labute approximate surface area is 121 Å². The van der Waals surface area contributed by atoms with Gasteiger partial charge in [-0.25, -0.2) is 0 Å². The van der Waals surface area contributed by atoms with Gasteiger partial charge in [-0.05, 0) is 31.6 Å². The molecule has 0 saturated carbocycles. The summed E-state index contributed by atoms with van der Waals surface area (Å²) in [5, 5.41) is 3.77. The van der Waals surface area contributed by atoms with E-state index in [0.717, 1.165) is 19.1 Å². The first-order valence-electron chi connectivity index (χ1n) is 7.33. The number of nitrogens with one attached hydrogen (secondary N) is 1. The molecule has 0 bridgehead atoms. The monoisotopic (exact) mass is 276 g/mol. The van der Waals surface area contributed by atoms with Crippen molar-refractivity contribution >= 4 is 11.8 Å². The Balaban J connectivity index is 1.80. The van der Waals surface area contributed by atoms with Crippen LogP contribution in [0.3, 0.4) is 0 Å². The van der Waals surface area contributed by atoms with Crippen LogP contribution in [0, 0.1) is 0 Å². The van der Waals surface area contributed by atoms with Crippen LogP contribution in [0.4, 0.5) is 0 Å². The van der Waals surface area contributed by atoms with Gasteiger partial charge in [-0.15, -0.1) is 0 Å². The molecule has 2 nitrogen and oxygen atoms in total. The molecule has 1 aromatic rings. The minimum absolute atomic E-state index is 0.0982. The molecule has 0 amide bonds. The van der Waals surface area contributed by atoms with Gasteiger partial charge in [0, 0.05) is 30.9 Å². The molecule has 3 atom stereocenters. The van der Waals surface area contributed by atoms with Crippen molar-refractivity contribution in [2.45, 2.75) is 37.9 Å². The van der Waals surface area contributed by atoms with Gasteiger partial charge in [-0.2, -0.15) is 11.8 Å². The average molecular weight is 276 g/mol. The second-order valence-corrected chi connectivity index (χ2v) is 7.27. The van der Waals surface area contributed by atoms with Crippen molar-refractivity contribution in [1.82, 2.24) is 10.2 Å². The Morgan fingerprint density at radius 3 is 2.79 bits per heavy atom. The molecular formula is C16H24N2S. The van der Waals surface area contributed by atoms with Gasteiger partial charge in [0.25, 0.3) is 0 Å². The fourth-order valence-electron chi connectivity index (χ4n) is 3.34. The number of piperazine rings is 1. The molecule has 3 heteroatoms. The van der Waals surface area contributed by atoms with Crippen LogP contribution in [0.15, 0.2) is 30.3 Å². The van der Waals surface area contributed by atoms with Crippen molar-refractivity contribution in [1.29, 1.82) is 0 Å². The van der Waals surface area contributed by atoms with Gasteiger partial charge in [0.2, 0.25) is 0 Å². The smallest absolute Gasteiger partial charge is 0.0535 e. The summed E-state index contributed by atoms with van der Waals surface area (Å²) in [4.78, 5) is 2.74. The summed E-state index contributed by atoms with van der Waals surface area (Å²) in [5.74, 6) is 2.65. The maximum atomic E-state index is 3.77. The lowest BCUT2D eigenvalue weighted by Crippen LogP contribution is -2.62. The van der Waals surface area contributed by atoms with E-state index in [1.807, 2.05) is 0 Å². The Morgan fingerprint density at radius 2 is 2.11 bits per heavy atom. The standard InChI is InChI=1S/C16H24N2S/c1-13-10-17-16(2,14-6-4-3-5-7-14)12-18(13)15-8-9-19-11-15/h3-7,13,15,17H,8-12H2,1-2H3. The minimum Gasteiger partial charge on any atom is -0.305 e. The molecule has 0 aromatic heterocycles. The molecule has 0 aliphatic carbocycles. The van der Waals surface area contributed by atoms with E-state index < -0.39 is 0 Å². The van der Waals surface area contributed by atoms with Crippen LogP contribution < -0.4 is 5.32 Å². The molecule has 1 N–H and O–H groups in total. The van der Waals surface area contributed by atoms with E-state index in [1.165, 1.54) is 23.5 Å². The molecule has 3 unspecified atom stereocenters. The zero-order chi connectivity index (χ0) is 13.3. The van der Waals surface area contributed by atoms with Crippen molar-refractivity contribution in [3.8, 4) is 0 Å². The summed E-state index contributed by atoms with van der Waals surface area (Å²) >= 11 is 2.11. The fraction of sp³-hybridized carbons (Fsp3) is 0.625. The molecule has 0 spiro atoms. The van der Waals surface area contributed by atoms with E-state index >= 15 is 0 Å². The molecule has 104 valence electrons. The molecule has 2 aliphatic heterocycles. The first-order valence-corrected chi connectivity index (χ1v) is 8.48. The van der Waals surface area contributed by atoms with Crippen molar-refractivity contribution in [3.05, 3.63) is 35.9 Å². The molecule has 2 fully saturated rings. The third kappa shape index (κ3) is 2.69. The van der Waals surface area contributed by atoms with Gasteiger partial charge in [0.1, 0.15) is 0 Å². The van der Waals surface area contributed by atoms with E-state index in [-0.39, 0.29) is 5.54 Å². The second kappa shape index (κ2) is 5.47. The summed E-state index contributed by atoms with van der Waals surface area (Å²) in [6.07, 6.45) is 1.36. The fourth-order valence-corrected chi connectivity index (χ4v) is 4.57. The molecule has 2 heterocycles. The van der Waals surface area contributed by atoms with Crippen LogP contribution >= 0.6 is 11.8 Å². The first-order chi connectivity index (χ1) is 9.19. The highest BCUT2D eigenvalue weighted by Gasteiger charge is 2.38. The molecule has 1 aromatic carbocycles. The predicted octanol–water partition coefficient (Wildman–Crippen LogP) is 2.70. The maximum absolute atomic E-state index is 3.77. The van der Waals surface area contributed by atoms with Crippen molar-refractivity contribution in [2.75, 3.05) is 24.6 Å². The molecule has 0 radical (unpaired) electrons. The number of hydrogen-bond donors (Lipinski definition) is 1. The first kappa shape index (κ1) is 13.5. The second-order valence-electron chi connectivity index (χ2n) is 6.12. The van der Waals surface area contributed by atoms with Crippen LogP contribution in [0.2, 0.25) is 0 Å². The lowest BCUT2D eigenvalue weighted by atomic mass is 9.87. The number of hydrogen-bond acceptors (Lipinski definition) is 3.